The monoisotopic (exact) mass is 315 g/mol. The van der Waals surface area contributed by atoms with E-state index in [0.717, 1.165) is 17.7 Å². The van der Waals surface area contributed by atoms with Gasteiger partial charge in [0.2, 0.25) is 10.9 Å². The zero-order valence-electron chi connectivity index (χ0n) is 10.3. The van der Waals surface area contributed by atoms with Crippen molar-refractivity contribution >= 4 is 33.3 Å². The summed E-state index contributed by atoms with van der Waals surface area (Å²) in [6, 6.07) is 6.97. The number of aromatic carboxylic acids is 1. The van der Waals surface area contributed by atoms with Gasteiger partial charge in [-0.1, -0.05) is 17.7 Å². The van der Waals surface area contributed by atoms with Crippen LogP contribution in [0.25, 0.3) is 0 Å². The molecule has 1 aromatic heterocycles. The minimum atomic E-state index is -4.03. The Kier molecular flexibility index (Phi) is 3.74. The molecule has 6 nitrogen and oxygen atoms in total. The van der Waals surface area contributed by atoms with E-state index in [0.29, 0.717) is 0 Å². The van der Waals surface area contributed by atoms with E-state index in [2.05, 4.69) is 4.72 Å². The summed E-state index contributed by atoms with van der Waals surface area (Å²) in [4.78, 5) is 10.7. The van der Waals surface area contributed by atoms with Gasteiger partial charge >= 0.3 is 5.97 Å². The standard InChI is InChI=1S/C12H10ClNO5S/c1-7-2-3-8(13)9(6-7)14-20(17,18)11-5-4-10(19-11)12(15)16/h2-6,14H,1H3,(H,15,16). The molecule has 2 rings (SSSR count). The largest absolute Gasteiger partial charge is 0.475 e. The van der Waals surface area contributed by atoms with E-state index in [1.165, 1.54) is 0 Å². The van der Waals surface area contributed by atoms with E-state index in [4.69, 9.17) is 21.1 Å². The van der Waals surface area contributed by atoms with Crippen LogP contribution in [0.4, 0.5) is 5.69 Å². The average Bonchev–Trinajstić information content (AvgIpc) is 2.84. The van der Waals surface area contributed by atoms with Crippen molar-refractivity contribution in [2.24, 2.45) is 0 Å². The van der Waals surface area contributed by atoms with Crippen molar-refractivity contribution in [1.82, 2.24) is 0 Å². The first-order valence-electron chi connectivity index (χ1n) is 5.42. The zero-order chi connectivity index (χ0) is 14.9. The van der Waals surface area contributed by atoms with Gasteiger partial charge in [0, 0.05) is 0 Å². The van der Waals surface area contributed by atoms with Crippen LogP contribution in [-0.4, -0.2) is 19.5 Å². The highest BCUT2D eigenvalue weighted by Crippen LogP contribution is 2.26. The Morgan fingerprint density at radius 1 is 1.30 bits per heavy atom. The van der Waals surface area contributed by atoms with Crippen molar-refractivity contribution in [2.75, 3.05) is 4.72 Å². The molecule has 0 fully saturated rings. The Hall–Kier alpha value is -1.99. The number of carbonyl (C=O) groups is 1. The molecule has 0 atom stereocenters. The minimum Gasteiger partial charge on any atom is -0.475 e. The molecule has 0 aliphatic heterocycles. The lowest BCUT2D eigenvalue weighted by Gasteiger charge is -2.08. The van der Waals surface area contributed by atoms with E-state index < -0.39 is 26.8 Å². The predicted molar refractivity (Wildman–Crippen MR) is 72.7 cm³/mol. The molecule has 1 aromatic carbocycles. The van der Waals surface area contributed by atoms with Gasteiger partial charge < -0.3 is 9.52 Å². The van der Waals surface area contributed by atoms with E-state index >= 15 is 0 Å². The third kappa shape index (κ3) is 2.94. The Morgan fingerprint density at radius 3 is 2.60 bits per heavy atom. The van der Waals surface area contributed by atoms with Gasteiger partial charge in [-0.25, -0.2) is 4.79 Å². The number of anilines is 1. The van der Waals surface area contributed by atoms with E-state index in [-0.39, 0.29) is 10.7 Å². The summed E-state index contributed by atoms with van der Waals surface area (Å²) in [5, 5.41) is 8.44. The number of halogens is 1. The van der Waals surface area contributed by atoms with Crippen LogP contribution < -0.4 is 4.72 Å². The molecule has 20 heavy (non-hydrogen) atoms. The van der Waals surface area contributed by atoms with Gasteiger partial charge in [0.25, 0.3) is 10.0 Å². The van der Waals surface area contributed by atoms with Crippen LogP contribution in [0.15, 0.2) is 39.8 Å². The van der Waals surface area contributed by atoms with E-state index in [1.807, 2.05) is 0 Å². The fourth-order valence-electron chi connectivity index (χ4n) is 1.49. The lowest BCUT2D eigenvalue weighted by molar-refractivity contribution is 0.0656. The normalized spacial score (nSPS) is 11.3. The molecule has 0 unspecified atom stereocenters. The summed E-state index contributed by atoms with van der Waals surface area (Å²) in [7, 11) is -4.03. The molecular formula is C12H10ClNO5S. The lowest BCUT2D eigenvalue weighted by atomic mass is 10.2. The third-order valence-electron chi connectivity index (χ3n) is 2.42. The number of carboxylic acid groups (broad SMARTS) is 1. The van der Waals surface area contributed by atoms with Crippen LogP contribution in [0.5, 0.6) is 0 Å². The van der Waals surface area contributed by atoms with Gasteiger partial charge in [0.1, 0.15) is 0 Å². The second-order valence-corrected chi connectivity index (χ2v) is 6.03. The number of hydrogen-bond donors (Lipinski definition) is 2. The van der Waals surface area contributed by atoms with E-state index in [1.54, 1.807) is 25.1 Å². The number of aryl methyl sites for hydroxylation is 1. The first-order chi connectivity index (χ1) is 9.29. The van der Waals surface area contributed by atoms with Crippen LogP contribution in [0, 0.1) is 6.92 Å². The second kappa shape index (κ2) is 5.18. The Bertz CT molecular complexity index is 766. The highest BCUT2D eigenvalue weighted by Gasteiger charge is 2.22. The maximum Gasteiger partial charge on any atom is 0.371 e. The van der Waals surface area contributed by atoms with E-state index in [9.17, 15) is 13.2 Å². The van der Waals surface area contributed by atoms with Gasteiger partial charge in [0.05, 0.1) is 10.7 Å². The van der Waals surface area contributed by atoms with Crippen LogP contribution >= 0.6 is 11.6 Å². The van der Waals surface area contributed by atoms with Crippen LogP contribution in [-0.2, 0) is 10.0 Å². The Labute approximate surface area is 120 Å². The number of hydrogen-bond acceptors (Lipinski definition) is 4. The Balaban J connectivity index is 2.35. The van der Waals surface area contributed by atoms with Gasteiger partial charge in [-0.3, -0.25) is 4.72 Å². The number of rotatable bonds is 4. The fourth-order valence-corrected chi connectivity index (χ4v) is 2.72. The zero-order valence-corrected chi connectivity index (χ0v) is 11.8. The fraction of sp³-hybridized carbons (Fsp3) is 0.0833. The molecule has 0 bridgehead atoms. The molecule has 0 aliphatic carbocycles. The molecule has 0 radical (unpaired) electrons. The van der Waals surface area contributed by atoms with Gasteiger partial charge in [-0.05, 0) is 36.8 Å². The number of benzene rings is 1. The van der Waals surface area contributed by atoms with Gasteiger partial charge in [0.15, 0.2) is 0 Å². The summed E-state index contributed by atoms with van der Waals surface area (Å²) in [6.07, 6.45) is 0. The highest BCUT2D eigenvalue weighted by atomic mass is 35.5. The second-order valence-electron chi connectivity index (χ2n) is 4.01. The molecule has 2 aromatic rings. The topological polar surface area (TPSA) is 96.6 Å². The van der Waals surface area contributed by atoms with Crippen molar-refractivity contribution in [3.05, 3.63) is 46.7 Å². The van der Waals surface area contributed by atoms with Crippen molar-refractivity contribution < 1.29 is 22.7 Å². The summed E-state index contributed by atoms with van der Waals surface area (Å²) >= 11 is 5.89. The van der Waals surface area contributed by atoms with Crippen LogP contribution in [0.3, 0.4) is 0 Å². The Morgan fingerprint density at radius 2 is 2.00 bits per heavy atom. The molecule has 0 saturated carbocycles. The van der Waals surface area contributed by atoms with Crippen molar-refractivity contribution in [2.45, 2.75) is 12.0 Å². The quantitative estimate of drug-likeness (QED) is 0.904. The SMILES string of the molecule is Cc1ccc(Cl)c(NS(=O)(=O)c2ccc(C(=O)O)o2)c1. The van der Waals surface area contributed by atoms with Crippen LogP contribution in [0.2, 0.25) is 5.02 Å². The number of furan rings is 1. The molecule has 0 saturated heterocycles. The molecular weight excluding hydrogens is 306 g/mol. The lowest BCUT2D eigenvalue weighted by Crippen LogP contribution is -2.12. The molecule has 1 heterocycles. The third-order valence-corrected chi connectivity index (χ3v) is 3.99. The first-order valence-corrected chi connectivity index (χ1v) is 7.28. The summed E-state index contributed by atoms with van der Waals surface area (Å²) in [6.45, 7) is 1.78. The summed E-state index contributed by atoms with van der Waals surface area (Å²) < 4.78 is 31.1. The summed E-state index contributed by atoms with van der Waals surface area (Å²) in [5.41, 5.74) is 1.01. The average molecular weight is 316 g/mol. The first kappa shape index (κ1) is 14.4. The molecule has 0 spiro atoms. The number of sulfonamides is 1. The van der Waals surface area contributed by atoms with Crippen molar-refractivity contribution in [1.29, 1.82) is 0 Å². The molecule has 2 N–H and O–H groups in total. The maximum absolute atomic E-state index is 12.0. The van der Waals surface area contributed by atoms with Gasteiger partial charge in [-0.2, -0.15) is 8.42 Å². The predicted octanol–water partition coefficient (Wildman–Crippen LogP) is 2.74. The van der Waals surface area contributed by atoms with Crippen LogP contribution in [0.1, 0.15) is 16.1 Å². The smallest absolute Gasteiger partial charge is 0.371 e. The minimum absolute atomic E-state index is 0.194. The molecule has 0 amide bonds. The van der Waals surface area contributed by atoms with Crippen molar-refractivity contribution in [3.63, 3.8) is 0 Å². The summed E-state index contributed by atoms with van der Waals surface area (Å²) in [5.74, 6) is -1.80. The molecule has 8 heteroatoms. The number of carboxylic acids is 1. The molecule has 0 aliphatic rings. The number of nitrogens with one attached hydrogen (secondary N) is 1. The van der Waals surface area contributed by atoms with Gasteiger partial charge in [-0.15, -0.1) is 0 Å². The molecule has 106 valence electrons. The van der Waals surface area contributed by atoms with Crippen molar-refractivity contribution in [3.8, 4) is 0 Å². The maximum atomic E-state index is 12.0. The highest BCUT2D eigenvalue weighted by molar-refractivity contribution is 7.92.